The van der Waals surface area contributed by atoms with Crippen LogP contribution in [0.15, 0.2) is 4.99 Å². The Balaban J connectivity index is 2.49. The lowest BCUT2D eigenvalue weighted by Crippen LogP contribution is -2.39. The highest BCUT2D eigenvalue weighted by Gasteiger charge is 2.33. The van der Waals surface area contributed by atoms with Gasteiger partial charge >= 0.3 is 6.18 Å². The van der Waals surface area contributed by atoms with Gasteiger partial charge in [0.2, 0.25) is 0 Å². The predicted molar refractivity (Wildman–Crippen MR) is 71.0 cm³/mol. The molecule has 0 amide bonds. The van der Waals surface area contributed by atoms with Crippen LogP contribution in [0.25, 0.3) is 0 Å². The minimum absolute atomic E-state index is 0.225. The molecule has 2 nitrogen and oxygen atoms in total. The molecule has 1 N–H and O–H groups in total. The van der Waals surface area contributed by atoms with Gasteiger partial charge in [-0.05, 0) is 25.2 Å². The van der Waals surface area contributed by atoms with Crippen molar-refractivity contribution in [1.29, 1.82) is 0 Å². The van der Waals surface area contributed by atoms with Gasteiger partial charge in [-0.3, -0.25) is 4.99 Å². The van der Waals surface area contributed by atoms with Gasteiger partial charge in [-0.15, -0.1) is 0 Å². The zero-order valence-electron chi connectivity index (χ0n) is 11.1. The Bertz CT molecular complexity index is 298. The Hall–Kier alpha value is -0.390. The summed E-state index contributed by atoms with van der Waals surface area (Å²) in [6, 6.07) is -0.619. The first-order valence-corrected chi connectivity index (χ1v) is 7.29. The SMILES string of the molecule is CCC1(CC)CN=C(NC(C)CC(F)(F)F)SC1. The quantitative estimate of drug-likeness (QED) is 0.847. The van der Waals surface area contributed by atoms with Crippen LogP contribution in [0, 0.1) is 5.41 Å². The summed E-state index contributed by atoms with van der Waals surface area (Å²) >= 11 is 1.55. The zero-order chi connectivity index (χ0) is 13.8. The zero-order valence-corrected chi connectivity index (χ0v) is 11.9. The van der Waals surface area contributed by atoms with Crippen molar-refractivity contribution in [2.24, 2.45) is 10.4 Å². The van der Waals surface area contributed by atoms with Gasteiger partial charge in [-0.1, -0.05) is 25.6 Å². The van der Waals surface area contributed by atoms with E-state index < -0.39 is 18.6 Å². The molecule has 0 bridgehead atoms. The minimum atomic E-state index is -4.12. The van der Waals surface area contributed by atoms with Crippen LogP contribution in [0.1, 0.15) is 40.0 Å². The molecule has 1 aliphatic heterocycles. The van der Waals surface area contributed by atoms with E-state index in [2.05, 4.69) is 24.2 Å². The lowest BCUT2D eigenvalue weighted by atomic mass is 9.84. The number of hydrogen-bond acceptors (Lipinski definition) is 3. The van der Waals surface area contributed by atoms with E-state index in [1.54, 1.807) is 11.8 Å². The van der Waals surface area contributed by atoms with Gasteiger partial charge < -0.3 is 5.32 Å². The molecule has 0 aromatic carbocycles. The molecule has 18 heavy (non-hydrogen) atoms. The maximum absolute atomic E-state index is 12.2. The van der Waals surface area contributed by atoms with Crippen molar-refractivity contribution in [3.8, 4) is 0 Å². The van der Waals surface area contributed by atoms with Crippen molar-refractivity contribution in [2.75, 3.05) is 12.3 Å². The first-order chi connectivity index (χ1) is 8.30. The fourth-order valence-corrected chi connectivity index (χ4v) is 3.31. The topological polar surface area (TPSA) is 24.4 Å². The van der Waals surface area contributed by atoms with Gasteiger partial charge in [-0.2, -0.15) is 13.2 Å². The summed E-state index contributed by atoms with van der Waals surface area (Å²) < 4.78 is 36.6. The molecule has 1 atom stereocenters. The summed E-state index contributed by atoms with van der Waals surface area (Å²) in [7, 11) is 0. The molecule has 1 unspecified atom stereocenters. The number of rotatable bonds is 4. The van der Waals surface area contributed by atoms with E-state index in [4.69, 9.17) is 0 Å². The Labute approximate surface area is 111 Å². The van der Waals surface area contributed by atoms with Gasteiger partial charge in [0.1, 0.15) is 0 Å². The van der Waals surface area contributed by atoms with Crippen molar-refractivity contribution >= 4 is 16.9 Å². The van der Waals surface area contributed by atoms with Crippen LogP contribution in [0.5, 0.6) is 0 Å². The molecule has 0 aromatic heterocycles. The highest BCUT2D eigenvalue weighted by Crippen LogP contribution is 2.35. The van der Waals surface area contributed by atoms with Crippen molar-refractivity contribution in [3.05, 3.63) is 0 Å². The lowest BCUT2D eigenvalue weighted by molar-refractivity contribution is -0.138. The third kappa shape index (κ3) is 4.71. The minimum Gasteiger partial charge on any atom is -0.362 e. The third-order valence-electron chi connectivity index (χ3n) is 3.48. The third-order valence-corrected chi connectivity index (χ3v) is 4.76. The molecule has 0 radical (unpaired) electrons. The van der Waals surface area contributed by atoms with E-state index in [0.717, 1.165) is 18.6 Å². The van der Waals surface area contributed by atoms with Crippen LogP contribution in [0.2, 0.25) is 0 Å². The number of hydrogen-bond donors (Lipinski definition) is 1. The predicted octanol–water partition coefficient (Wildman–Crippen LogP) is 3.83. The van der Waals surface area contributed by atoms with E-state index in [1.807, 2.05) is 0 Å². The van der Waals surface area contributed by atoms with Crippen LogP contribution >= 0.6 is 11.8 Å². The van der Waals surface area contributed by atoms with Crippen molar-refractivity contribution in [2.45, 2.75) is 52.3 Å². The summed E-state index contributed by atoms with van der Waals surface area (Å²) in [6.07, 6.45) is -2.82. The molecular weight excluding hydrogens is 261 g/mol. The fraction of sp³-hybridized carbons (Fsp3) is 0.917. The largest absolute Gasteiger partial charge is 0.391 e. The molecule has 0 aliphatic carbocycles. The van der Waals surface area contributed by atoms with Gasteiger partial charge in [0, 0.05) is 18.3 Å². The summed E-state index contributed by atoms with van der Waals surface area (Å²) in [5, 5.41) is 3.51. The lowest BCUT2D eigenvalue weighted by Gasteiger charge is -2.34. The standard InChI is InChI=1S/C12H21F3N2S/c1-4-11(5-2)7-16-10(18-8-11)17-9(3)6-12(13,14)15/h9H,4-8H2,1-3H3,(H,16,17). The average Bonchev–Trinajstić information content (AvgIpc) is 2.28. The van der Waals surface area contributed by atoms with Gasteiger partial charge in [0.15, 0.2) is 5.17 Å². The number of halogens is 3. The summed E-state index contributed by atoms with van der Waals surface area (Å²) in [5.41, 5.74) is 0.225. The fourth-order valence-electron chi connectivity index (χ4n) is 1.93. The summed E-state index contributed by atoms with van der Waals surface area (Å²) in [5.74, 6) is 0.935. The second-order valence-electron chi connectivity index (χ2n) is 4.98. The first-order valence-electron chi connectivity index (χ1n) is 6.31. The number of aliphatic imine (C=N–C) groups is 1. The van der Waals surface area contributed by atoms with E-state index in [1.165, 1.54) is 6.92 Å². The molecule has 6 heteroatoms. The smallest absolute Gasteiger partial charge is 0.362 e. The number of alkyl halides is 3. The molecule has 1 aliphatic rings. The van der Waals surface area contributed by atoms with E-state index >= 15 is 0 Å². The Morgan fingerprint density at radius 2 is 2.00 bits per heavy atom. The van der Waals surface area contributed by atoms with E-state index in [0.29, 0.717) is 11.7 Å². The van der Waals surface area contributed by atoms with E-state index in [-0.39, 0.29) is 5.41 Å². The molecule has 1 rings (SSSR count). The average molecular weight is 282 g/mol. The molecular formula is C12H21F3N2S. The van der Waals surface area contributed by atoms with Crippen LogP contribution in [-0.2, 0) is 0 Å². The maximum atomic E-state index is 12.2. The van der Waals surface area contributed by atoms with Crippen LogP contribution in [-0.4, -0.2) is 29.7 Å². The second kappa shape index (κ2) is 6.17. The summed E-state index contributed by atoms with van der Waals surface area (Å²) in [6.45, 7) is 6.54. The first kappa shape index (κ1) is 15.7. The maximum Gasteiger partial charge on any atom is 0.391 e. The Morgan fingerprint density at radius 1 is 1.39 bits per heavy atom. The number of nitrogens with one attached hydrogen (secondary N) is 1. The van der Waals surface area contributed by atoms with Crippen LogP contribution in [0.3, 0.4) is 0 Å². The van der Waals surface area contributed by atoms with Crippen molar-refractivity contribution in [3.63, 3.8) is 0 Å². The second-order valence-corrected chi connectivity index (χ2v) is 5.95. The van der Waals surface area contributed by atoms with Gasteiger partial charge in [0.25, 0.3) is 0 Å². The number of nitrogens with zero attached hydrogens (tertiary/aromatic N) is 1. The Kier molecular flexibility index (Phi) is 5.37. The van der Waals surface area contributed by atoms with Crippen LogP contribution < -0.4 is 5.32 Å². The molecule has 0 saturated heterocycles. The summed E-state index contributed by atoms with van der Waals surface area (Å²) in [4.78, 5) is 4.40. The number of amidine groups is 1. The van der Waals surface area contributed by atoms with Crippen molar-refractivity contribution < 1.29 is 13.2 Å². The normalized spacial score (nSPS) is 21.3. The monoisotopic (exact) mass is 282 g/mol. The molecule has 0 saturated carbocycles. The number of thioether (sulfide) groups is 1. The molecule has 0 spiro atoms. The van der Waals surface area contributed by atoms with Gasteiger partial charge in [-0.25, -0.2) is 0 Å². The molecule has 0 fully saturated rings. The molecule has 0 aromatic rings. The van der Waals surface area contributed by atoms with Gasteiger partial charge in [0.05, 0.1) is 6.42 Å². The highest BCUT2D eigenvalue weighted by molar-refractivity contribution is 8.13. The van der Waals surface area contributed by atoms with Crippen molar-refractivity contribution in [1.82, 2.24) is 5.32 Å². The highest BCUT2D eigenvalue weighted by atomic mass is 32.2. The van der Waals surface area contributed by atoms with Crippen LogP contribution in [0.4, 0.5) is 13.2 Å². The molecule has 106 valence electrons. The Morgan fingerprint density at radius 3 is 2.39 bits per heavy atom. The van der Waals surface area contributed by atoms with E-state index in [9.17, 15) is 13.2 Å². The molecule has 1 heterocycles.